The molecule has 3 atom stereocenters. The van der Waals surface area contributed by atoms with Gasteiger partial charge in [0.2, 0.25) is 10.0 Å². The molecule has 1 aliphatic rings. The van der Waals surface area contributed by atoms with Crippen LogP contribution in [0.15, 0.2) is 35.2 Å². The molecule has 0 aliphatic carbocycles. The fraction of sp³-hybridized carbons (Fsp3) is 0.579. The summed E-state index contributed by atoms with van der Waals surface area (Å²) in [6.45, 7) is 5.47. The van der Waals surface area contributed by atoms with Crippen LogP contribution in [0.25, 0.3) is 0 Å². The second kappa shape index (κ2) is 9.32. The minimum Gasteiger partial charge on any atom is -0.452 e. The lowest BCUT2D eigenvalue weighted by Gasteiger charge is -2.40. The number of nitrogens with zero attached hydrogens (tertiary/aromatic N) is 1. The van der Waals surface area contributed by atoms with E-state index in [-0.39, 0.29) is 35.9 Å². The molecule has 7 nitrogen and oxygen atoms in total. The highest BCUT2D eigenvalue weighted by Crippen LogP contribution is 2.23. The summed E-state index contributed by atoms with van der Waals surface area (Å²) < 4.78 is 31.8. The summed E-state index contributed by atoms with van der Waals surface area (Å²) >= 11 is 0. The highest BCUT2D eigenvalue weighted by Gasteiger charge is 2.33. The summed E-state index contributed by atoms with van der Waals surface area (Å²) in [5, 5.41) is 0. The third-order valence-corrected chi connectivity index (χ3v) is 6.26. The highest BCUT2D eigenvalue weighted by atomic mass is 32.2. The third kappa shape index (κ3) is 5.77. The second-order valence-corrected chi connectivity index (χ2v) is 8.73. The molecule has 1 fully saturated rings. The van der Waals surface area contributed by atoms with Gasteiger partial charge in [0.1, 0.15) is 0 Å². The SMILES string of the molecule is CC(OC(=O)CCNS(=O)(=O)c1ccccc1)C(=O)N1C(C)CCCC1C. The van der Waals surface area contributed by atoms with Gasteiger partial charge in [0.25, 0.3) is 5.91 Å². The lowest BCUT2D eigenvalue weighted by molar-refractivity contribution is -0.162. The topological polar surface area (TPSA) is 92.8 Å². The third-order valence-electron chi connectivity index (χ3n) is 4.78. The lowest BCUT2D eigenvalue weighted by Crippen LogP contribution is -2.51. The minimum absolute atomic E-state index is 0.0898. The number of carbonyl (C=O) groups excluding carboxylic acids is 2. The van der Waals surface area contributed by atoms with Crippen LogP contribution in [0.2, 0.25) is 0 Å². The smallest absolute Gasteiger partial charge is 0.307 e. The Balaban J connectivity index is 1.82. The van der Waals surface area contributed by atoms with Crippen molar-refractivity contribution in [2.45, 2.75) is 69.5 Å². The van der Waals surface area contributed by atoms with Crippen molar-refractivity contribution >= 4 is 21.9 Å². The van der Waals surface area contributed by atoms with Gasteiger partial charge in [0, 0.05) is 18.6 Å². The number of benzene rings is 1. The molecule has 0 bridgehead atoms. The number of sulfonamides is 1. The van der Waals surface area contributed by atoms with Gasteiger partial charge in [0.05, 0.1) is 11.3 Å². The molecule has 0 aromatic heterocycles. The first-order chi connectivity index (χ1) is 12.7. The number of esters is 1. The fourth-order valence-corrected chi connectivity index (χ4v) is 4.40. The van der Waals surface area contributed by atoms with E-state index in [0.717, 1.165) is 19.3 Å². The van der Waals surface area contributed by atoms with E-state index >= 15 is 0 Å². The van der Waals surface area contributed by atoms with E-state index in [4.69, 9.17) is 4.74 Å². The minimum atomic E-state index is -3.67. The molecular formula is C19H28N2O5S. The molecule has 150 valence electrons. The molecule has 1 aromatic rings. The molecule has 0 spiro atoms. The van der Waals surface area contributed by atoms with Gasteiger partial charge in [-0.1, -0.05) is 18.2 Å². The zero-order chi connectivity index (χ0) is 20.0. The zero-order valence-electron chi connectivity index (χ0n) is 16.1. The largest absolute Gasteiger partial charge is 0.452 e. The monoisotopic (exact) mass is 396 g/mol. The fourth-order valence-electron chi connectivity index (χ4n) is 3.34. The van der Waals surface area contributed by atoms with E-state index in [1.807, 2.05) is 13.8 Å². The van der Waals surface area contributed by atoms with Crippen LogP contribution in [-0.2, 0) is 24.3 Å². The van der Waals surface area contributed by atoms with Gasteiger partial charge in [-0.3, -0.25) is 9.59 Å². The van der Waals surface area contributed by atoms with Gasteiger partial charge < -0.3 is 9.64 Å². The van der Waals surface area contributed by atoms with E-state index in [1.165, 1.54) is 12.1 Å². The molecule has 0 saturated carbocycles. The Kier molecular flexibility index (Phi) is 7.38. The molecule has 2 rings (SSSR count). The van der Waals surface area contributed by atoms with Gasteiger partial charge in [-0.2, -0.15) is 0 Å². The number of piperidine rings is 1. The number of ether oxygens (including phenoxy) is 1. The number of hydrogen-bond acceptors (Lipinski definition) is 5. The van der Waals surface area contributed by atoms with Crippen molar-refractivity contribution in [1.29, 1.82) is 0 Å². The molecular weight excluding hydrogens is 368 g/mol. The van der Waals surface area contributed by atoms with E-state index in [1.54, 1.807) is 30.0 Å². The zero-order valence-corrected chi connectivity index (χ0v) is 16.9. The summed E-state index contributed by atoms with van der Waals surface area (Å²) in [5.41, 5.74) is 0. The molecule has 3 unspecified atom stereocenters. The summed E-state index contributed by atoms with van der Waals surface area (Å²) in [6.07, 6.45) is 1.94. The Labute approximate surface area is 161 Å². The molecule has 1 saturated heterocycles. The van der Waals surface area contributed by atoms with Crippen molar-refractivity contribution in [1.82, 2.24) is 9.62 Å². The summed E-state index contributed by atoms with van der Waals surface area (Å²) in [4.78, 5) is 26.5. The average molecular weight is 397 g/mol. The van der Waals surface area contributed by atoms with Gasteiger partial charge in [-0.25, -0.2) is 13.1 Å². The molecule has 27 heavy (non-hydrogen) atoms. The molecule has 1 aliphatic heterocycles. The molecule has 0 radical (unpaired) electrons. The molecule has 8 heteroatoms. The number of rotatable bonds is 7. The highest BCUT2D eigenvalue weighted by molar-refractivity contribution is 7.89. The molecule has 1 aromatic carbocycles. The molecule has 1 amide bonds. The summed E-state index contributed by atoms with van der Waals surface area (Å²) in [5.74, 6) is -0.808. The van der Waals surface area contributed by atoms with Crippen LogP contribution in [0.3, 0.4) is 0 Å². The average Bonchev–Trinajstić information content (AvgIpc) is 2.62. The number of hydrogen-bond donors (Lipinski definition) is 1. The van der Waals surface area contributed by atoms with Gasteiger partial charge in [0.15, 0.2) is 6.10 Å². The van der Waals surface area contributed by atoms with Crippen LogP contribution < -0.4 is 4.72 Å². The van der Waals surface area contributed by atoms with Crippen LogP contribution in [0, 0.1) is 0 Å². The first kappa shape index (κ1) is 21.4. The van der Waals surface area contributed by atoms with E-state index in [9.17, 15) is 18.0 Å². The van der Waals surface area contributed by atoms with Crippen molar-refractivity contribution in [2.24, 2.45) is 0 Å². The van der Waals surface area contributed by atoms with E-state index < -0.39 is 22.1 Å². The maximum absolute atomic E-state index is 12.6. The van der Waals surface area contributed by atoms with Crippen molar-refractivity contribution in [3.05, 3.63) is 30.3 Å². The molecule has 1 heterocycles. The lowest BCUT2D eigenvalue weighted by atomic mass is 9.97. The maximum atomic E-state index is 12.6. The Morgan fingerprint density at radius 2 is 1.78 bits per heavy atom. The van der Waals surface area contributed by atoms with Crippen LogP contribution in [0.1, 0.15) is 46.5 Å². The predicted molar refractivity (Wildman–Crippen MR) is 101 cm³/mol. The quantitative estimate of drug-likeness (QED) is 0.712. The normalized spacial score (nSPS) is 21.5. The number of amides is 1. The first-order valence-electron chi connectivity index (χ1n) is 9.28. The predicted octanol–water partition coefficient (Wildman–Crippen LogP) is 2.08. The second-order valence-electron chi connectivity index (χ2n) is 6.97. The van der Waals surface area contributed by atoms with Crippen molar-refractivity contribution in [3.63, 3.8) is 0 Å². The molecule has 1 N–H and O–H groups in total. The first-order valence-corrected chi connectivity index (χ1v) is 10.8. The maximum Gasteiger partial charge on any atom is 0.307 e. The van der Waals surface area contributed by atoms with Gasteiger partial charge in [-0.05, 0) is 52.2 Å². The number of carbonyl (C=O) groups is 2. The Morgan fingerprint density at radius 3 is 2.37 bits per heavy atom. The van der Waals surface area contributed by atoms with Crippen LogP contribution in [0.4, 0.5) is 0 Å². The Hall–Kier alpha value is -1.93. The Bertz CT molecular complexity index is 741. The Morgan fingerprint density at radius 1 is 1.19 bits per heavy atom. The van der Waals surface area contributed by atoms with Crippen molar-refractivity contribution in [2.75, 3.05) is 6.54 Å². The standard InChI is InChI=1S/C19H28N2O5S/c1-14-8-7-9-15(2)21(14)19(23)16(3)26-18(22)12-13-20-27(24,25)17-10-5-4-6-11-17/h4-6,10-11,14-16,20H,7-9,12-13H2,1-3H3. The number of nitrogens with one attached hydrogen (secondary N) is 1. The van der Waals surface area contributed by atoms with Crippen LogP contribution >= 0.6 is 0 Å². The van der Waals surface area contributed by atoms with E-state index in [2.05, 4.69) is 4.72 Å². The summed E-state index contributed by atoms with van der Waals surface area (Å²) in [7, 11) is -3.67. The summed E-state index contributed by atoms with van der Waals surface area (Å²) in [6, 6.07) is 8.17. The van der Waals surface area contributed by atoms with Crippen molar-refractivity contribution < 1.29 is 22.7 Å². The van der Waals surface area contributed by atoms with Crippen LogP contribution in [0.5, 0.6) is 0 Å². The number of likely N-dealkylation sites (tertiary alicyclic amines) is 1. The van der Waals surface area contributed by atoms with Crippen molar-refractivity contribution in [3.8, 4) is 0 Å². The van der Waals surface area contributed by atoms with Gasteiger partial charge >= 0.3 is 5.97 Å². The van der Waals surface area contributed by atoms with Crippen LogP contribution in [-0.4, -0.2) is 49.9 Å². The van der Waals surface area contributed by atoms with Gasteiger partial charge in [-0.15, -0.1) is 0 Å². The van der Waals surface area contributed by atoms with E-state index in [0.29, 0.717) is 0 Å².